The number of rotatable bonds is 3. The van der Waals surface area contributed by atoms with Gasteiger partial charge in [0.2, 0.25) is 0 Å². The van der Waals surface area contributed by atoms with E-state index < -0.39 is 0 Å². The Morgan fingerprint density at radius 3 is 2.17 bits per heavy atom. The van der Waals surface area contributed by atoms with Gasteiger partial charge in [-0.25, -0.2) is 0 Å². The maximum absolute atomic E-state index is 3.35. The van der Waals surface area contributed by atoms with Crippen LogP contribution in [0.15, 0.2) is 0 Å². The summed E-state index contributed by atoms with van der Waals surface area (Å²) in [6.07, 6.45) is 4.02. The Morgan fingerprint density at radius 1 is 1.33 bits per heavy atom. The molecule has 38 valence electrons. The molecule has 0 N–H and O–H groups in total. The van der Waals surface area contributed by atoms with Gasteiger partial charge in [-0.15, -0.1) is 0 Å². The predicted molar refractivity (Wildman–Crippen MR) is 24.3 cm³/mol. The molecular formula is C5H11Mn. The van der Waals surface area contributed by atoms with E-state index in [-0.39, 0.29) is 0 Å². The number of unbranched alkanes of at least 4 members (excludes halogenated alkanes) is 2. The van der Waals surface area contributed by atoms with Crippen molar-refractivity contribution in [2.75, 3.05) is 0 Å². The summed E-state index contributed by atoms with van der Waals surface area (Å²) in [5, 5.41) is 1.17. The van der Waals surface area contributed by atoms with E-state index in [9.17, 15) is 0 Å². The fourth-order valence-corrected chi connectivity index (χ4v) is 0.640. The second kappa shape index (κ2) is 5.52. The molecule has 0 aromatic carbocycles. The molecule has 0 rings (SSSR count). The normalized spacial score (nSPS) is 9.00. The van der Waals surface area contributed by atoms with Crippen molar-refractivity contribution in [1.82, 2.24) is 0 Å². The van der Waals surface area contributed by atoms with Crippen LogP contribution < -0.4 is 0 Å². The van der Waals surface area contributed by atoms with Crippen molar-refractivity contribution in [1.29, 1.82) is 0 Å². The molecule has 6 heavy (non-hydrogen) atoms. The topological polar surface area (TPSA) is 0 Å². The molecule has 0 unspecified atom stereocenters. The number of hydrogen-bond donors (Lipinski definition) is 0. The second-order valence-electron chi connectivity index (χ2n) is 1.40. The van der Waals surface area contributed by atoms with Crippen LogP contribution in [0.2, 0.25) is 5.32 Å². The van der Waals surface area contributed by atoms with E-state index in [4.69, 9.17) is 0 Å². The van der Waals surface area contributed by atoms with E-state index in [2.05, 4.69) is 22.9 Å². The summed E-state index contributed by atoms with van der Waals surface area (Å²) < 4.78 is 0. The molecule has 0 bridgehead atoms. The summed E-state index contributed by atoms with van der Waals surface area (Å²) in [4.78, 5) is 0. The summed E-state index contributed by atoms with van der Waals surface area (Å²) >= 11 is 3.35. The van der Waals surface area contributed by atoms with Crippen molar-refractivity contribution in [2.24, 2.45) is 0 Å². The van der Waals surface area contributed by atoms with Crippen LogP contribution in [-0.4, -0.2) is 0 Å². The molecule has 0 aliphatic rings. The Bertz CT molecular complexity index is 15.9. The van der Waals surface area contributed by atoms with Gasteiger partial charge in [-0.05, 0) is 0 Å². The van der Waals surface area contributed by atoms with E-state index in [1.807, 2.05) is 0 Å². The average molecular weight is 126 g/mol. The molecule has 0 aliphatic carbocycles. The van der Waals surface area contributed by atoms with Gasteiger partial charge in [-0.2, -0.15) is 0 Å². The van der Waals surface area contributed by atoms with E-state index in [1.54, 1.807) is 0 Å². The van der Waals surface area contributed by atoms with Crippen molar-refractivity contribution in [3.05, 3.63) is 0 Å². The third kappa shape index (κ3) is 4.52. The van der Waals surface area contributed by atoms with Gasteiger partial charge in [0, 0.05) is 0 Å². The third-order valence-electron chi connectivity index (χ3n) is 0.737. The first kappa shape index (κ1) is 6.52. The molecule has 1 heteroatoms. The number of hydrogen-bond acceptors (Lipinski definition) is 0. The summed E-state index contributed by atoms with van der Waals surface area (Å²) in [5.41, 5.74) is 0. The van der Waals surface area contributed by atoms with Gasteiger partial charge in [-0.1, -0.05) is 0 Å². The van der Waals surface area contributed by atoms with E-state index in [0.717, 1.165) is 0 Å². The van der Waals surface area contributed by atoms with Crippen LogP contribution in [0.25, 0.3) is 0 Å². The van der Waals surface area contributed by atoms with Crippen molar-refractivity contribution in [3.8, 4) is 0 Å². The van der Waals surface area contributed by atoms with Crippen LogP contribution in [0.4, 0.5) is 0 Å². The van der Waals surface area contributed by atoms with Crippen LogP contribution in [0.1, 0.15) is 26.2 Å². The fraction of sp³-hybridized carbons (Fsp3) is 1.00. The zero-order chi connectivity index (χ0) is 4.83. The van der Waals surface area contributed by atoms with Gasteiger partial charge in [0.15, 0.2) is 0 Å². The summed E-state index contributed by atoms with van der Waals surface area (Å²) in [6, 6.07) is 0. The molecule has 0 nitrogen and oxygen atoms in total. The van der Waals surface area contributed by atoms with Crippen molar-refractivity contribution >= 4 is 0 Å². The molecule has 0 heterocycles. The second-order valence-corrected chi connectivity index (χ2v) is 1.99. The van der Waals surface area contributed by atoms with Gasteiger partial charge in [-0.3, -0.25) is 0 Å². The van der Waals surface area contributed by atoms with Gasteiger partial charge in [0.25, 0.3) is 0 Å². The monoisotopic (exact) mass is 126 g/mol. The fourth-order valence-electron chi connectivity index (χ4n) is 0.344. The predicted octanol–water partition coefficient (Wildman–Crippen LogP) is 2.14. The molecular weight excluding hydrogens is 115 g/mol. The third-order valence-corrected chi connectivity index (χ3v) is 1.15. The van der Waals surface area contributed by atoms with Gasteiger partial charge in [0.05, 0.1) is 0 Å². The van der Waals surface area contributed by atoms with Crippen LogP contribution in [-0.2, 0) is 16.0 Å². The molecule has 0 spiro atoms. The first-order valence-corrected chi connectivity index (χ1v) is 3.31. The quantitative estimate of drug-likeness (QED) is 0.401. The Labute approximate surface area is 48.1 Å². The SMILES string of the molecule is CCCC[CH2][Mn]. The molecule has 0 amide bonds. The van der Waals surface area contributed by atoms with Crippen LogP contribution in [0.5, 0.6) is 0 Å². The van der Waals surface area contributed by atoms with E-state index in [1.165, 1.54) is 24.6 Å². The summed E-state index contributed by atoms with van der Waals surface area (Å²) in [7, 11) is 0. The molecule has 0 saturated heterocycles. The Kier molecular flexibility index (Phi) is 6.00. The first-order chi connectivity index (χ1) is 2.91. The van der Waals surface area contributed by atoms with Gasteiger partial charge in [0.1, 0.15) is 0 Å². The van der Waals surface area contributed by atoms with Crippen LogP contribution in [0, 0.1) is 0 Å². The molecule has 0 saturated carbocycles. The van der Waals surface area contributed by atoms with Crippen molar-refractivity contribution < 1.29 is 16.0 Å². The Balaban J connectivity index is 2.34. The van der Waals surface area contributed by atoms with Crippen molar-refractivity contribution in [3.63, 3.8) is 0 Å². The molecule has 0 atom stereocenters. The molecule has 0 aromatic heterocycles. The van der Waals surface area contributed by atoms with Gasteiger partial charge >= 0.3 is 47.5 Å². The standard InChI is InChI=1S/C5H11.Mn/c1-3-5-4-2;/h1,3-5H2,2H3;. The van der Waals surface area contributed by atoms with E-state index >= 15 is 0 Å². The Hall–Kier alpha value is 0.519. The zero-order valence-electron chi connectivity index (χ0n) is 4.21. The first-order valence-electron chi connectivity index (χ1n) is 2.47. The van der Waals surface area contributed by atoms with Gasteiger partial charge < -0.3 is 0 Å². The maximum atomic E-state index is 3.35. The average Bonchev–Trinajstić information content (AvgIpc) is 1.61. The van der Waals surface area contributed by atoms with E-state index in [0.29, 0.717) is 0 Å². The zero-order valence-corrected chi connectivity index (χ0v) is 5.39. The molecule has 0 aromatic rings. The molecule has 0 radical (unpaired) electrons. The Morgan fingerprint density at radius 2 is 2.00 bits per heavy atom. The molecule has 0 aliphatic heterocycles. The van der Waals surface area contributed by atoms with Crippen LogP contribution >= 0.6 is 0 Å². The summed E-state index contributed by atoms with van der Waals surface area (Å²) in [6.45, 7) is 2.21. The minimum absolute atomic E-state index is 1.17. The minimum atomic E-state index is 1.17. The molecule has 0 fully saturated rings. The van der Waals surface area contributed by atoms with Crippen LogP contribution in [0.3, 0.4) is 0 Å². The van der Waals surface area contributed by atoms with Crippen molar-refractivity contribution in [2.45, 2.75) is 31.5 Å². The summed E-state index contributed by atoms with van der Waals surface area (Å²) in [5.74, 6) is 0.